The van der Waals surface area contributed by atoms with Crippen molar-refractivity contribution >= 4 is 33.4 Å². The monoisotopic (exact) mass is 341 g/mol. The van der Waals surface area contributed by atoms with Gasteiger partial charge in [-0.05, 0) is 23.8 Å². The fraction of sp³-hybridized carbons (Fsp3) is 0.0714. The fourth-order valence-corrected chi connectivity index (χ4v) is 2.23. The maximum absolute atomic E-state index is 13.2. The van der Waals surface area contributed by atoms with Gasteiger partial charge in [0.25, 0.3) is 5.91 Å². The molecule has 1 N–H and O–H groups in total. The normalized spacial score (nSPS) is 10.3. The van der Waals surface area contributed by atoms with Gasteiger partial charge in [-0.1, -0.05) is 51.8 Å². The number of halogens is 3. The molecule has 2 nitrogen and oxygen atoms in total. The number of hydrogen-bond donors (Lipinski definition) is 1. The van der Waals surface area contributed by atoms with Crippen molar-refractivity contribution < 1.29 is 9.18 Å². The van der Waals surface area contributed by atoms with Gasteiger partial charge in [-0.15, -0.1) is 0 Å². The third-order valence-corrected chi connectivity index (χ3v) is 3.75. The van der Waals surface area contributed by atoms with Crippen molar-refractivity contribution in [3.8, 4) is 0 Å². The topological polar surface area (TPSA) is 29.1 Å². The van der Waals surface area contributed by atoms with Crippen LogP contribution in [0.25, 0.3) is 0 Å². The zero-order chi connectivity index (χ0) is 13.8. The van der Waals surface area contributed by atoms with Gasteiger partial charge in [0.1, 0.15) is 5.82 Å². The third-order valence-electron chi connectivity index (χ3n) is 2.59. The summed E-state index contributed by atoms with van der Waals surface area (Å²) < 4.78 is 14.2. The Morgan fingerprint density at radius 1 is 1.21 bits per heavy atom. The number of rotatable bonds is 3. The van der Waals surface area contributed by atoms with E-state index in [-0.39, 0.29) is 10.6 Å². The summed E-state index contributed by atoms with van der Waals surface area (Å²) in [6.07, 6.45) is 0. The number of carbonyl (C=O) groups excluding carboxylic acids is 1. The van der Waals surface area contributed by atoms with Crippen molar-refractivity contribution in [2.75, 3.05) is 0 Å². The van der Waals surface area contributed by atoms with Crippen LogP contribution in [0.5, 0.6) is 0 Å². The van der Waals surface area contributed by atoms with Crippen LogP contribution in [0.2, 0.25) is 5.02 Å². The van der Waals surface area contributed by atoms with Crippen molar-refractivity contribution in [3.05, 3.63) is 68.9 Å². The number of amides is 1. The zero-order valence-corrected chi connectivity index (χ0v) is 12.1. The molecule has 98 valence electrons. The van der Waals surface area contributed by atoms with Crippen LogP contribution < -0.4 is 5.32 Å². The standard InChI is InChI=1S/C14H10BrClFNO/c15-11-6-2-1-4-9(11)8-18-14(19)10-5-3-7-12(17)13(10)16/h1-7H,8H2,(H,18,19). The van der Waals surface area contributed by atoms with Crippen molar-refractivity contribution in [3.63, 3.8) is 0 Å². The number of carbonyl (C=O) groups is 1. The molecular formula is C14H10BrClFNO. The smallest absolute Gasteiger partial charge is 0.253 e. The first-order valence-electron chi connectivity index (χ1n) is 5.55. The minimum atomic E-state index is -0.602. The van der Waals surface area contributed by atoms with E-state index in [0.717, 1.165) is 10.0 Å². The predicted molar refractivity (Wildman–Crippen MR) is 76.7 cm³/mol. The average Bonchev–Trinajstić information content (AvgIpc) is 2.40. The van der Waals surface area contributed by atoms with Crippen LogP contribution in [0.15, 0.2) is 46.9 Å². The first-order chi connectivity index (χ1) is 9.09. The summed E-state index contributed by atoms with van der Waals surface area (Å²) >= 11 is 9.15. The van der Waals surface area contributed by atoms with Crippen LogP contribution in [0.3, 0.4) is 0 Å². The Hall–Kier alpha value is -1.39. The maximum Gasteiger partial charge on any atom is 0.253 e. The Morgan fingerprint density at radius 3 is 2.68 bits per heavy atom. The highest BCUT2D eigenvalue weighted by Crippen LogP contribution is 2.20. The Kier molecular flexibility index (Phi) is 4.56. The molecule has 0 atom stereocenters. The van der Waals surface area contributed by atoms with E-state index in [4.69, 9.17) is 11.6 Å². The molecule has 0 aliphatic heterocycles. The fourth-order valence-electron chi connectivity index (χ4n) is 1.59. The van der Waals surface area contributed by atoms with Crippen LogP contribution >= 0.6 is 27.5 Å². The van der Waals surface area contributed by atoms with Gasteiger partial charge in [-0.3, -0.25) is 4.79 Å². The first kappa shape index (κ1) is 14.0. The summed E-state index contributed by atoms with van der Waals surface area (Å²) in [5.41, 5.74) is 1.07. The minimum absolute atomic E-state index is 0.133. The van der Waals surface area contributed by atoms with Gasteiger partial charge >= 0.3 is 0 Å². The van der Waals surface area contributed by atoms with Crippen LogP contribution in [-0.2, 0) is 6.54 Å². The van der Waals surface area contributed by atoms with E-state index >= 15 is 0 Å². The highest BCUT2D eigenvalue weighted by atomic mass is 79.9. The molecule has 0 radical (unpaired) electrons. The van der Waals surface area contributed by atoms with E-state index in [1.54, 1.807) is 0 Å². The SMILES string of the molecule is O=C(NCc1ccccc1Br)c1cccc(F)c1Cl. The molecule has 0 bridgehead atoms. The van der Waals surface area contributed by atoms with Crippen LogP contribution in [0, 0.1) is 5.82 Å². The van der Waals surface area contributed by atoms with Crippen molar-refractivity contribution in [2.24, 2.45) is 0 Å². The van der Waals surface area contributed by atoms with E-state index in [1.165, 1.54) is 18.2 Å². The quantitative estimate of drug-likeness (QED) is 0.891. The lowest BCUT2D eigenvalue weighted by Crippen LogP contribution is -2.23. The van der Waals surface area contributed by atoms with Crippen LogP contribution in [0.4, 0.5) is 4.39 Å². The maximum atomic E-state index is 13.2. The molecule has 0 saturated heterocycles. The molecule has 0 aliphatic rings. The molecule has 0 unspecified atom stereocenters. The van der Waals surface area contributed by atoms with Gasteiger partial charge in [0.05, 0.1) is 10.6 Å². The summed E-state index contributed by atoms with van der Waals surface area (Å²) in [5.74, 6) is -1.00. The number of nitrogens with one attached hydrogen (secondary N) is 1. The Bertz CT molecular complexity index is 618. The highest BCUT2D eigenvalue weighted by molar-refractivity contribution is 9.10. The molecule has 0 spiro atoms. The minimum Gasteiger partial charge on any atom is -0.348 e. The molecule has 5 heteroatoms. The molecule has 0 fully saturated rings. The Labute approximate surface area is 123 Å². The lowest BCUT2D eigenvalue weighted by molar-refractivity contribution is 0.0950. The molecule has 2 rings (SSSR count). The molecule has 2 aromatic rings. The lowest BCUT2D eigenvalue weighted by Gasteiger charge is -2.08. The second kappa shape index (κ2) is 6.17. The summed E-state index contributed by atoms with van der Waals surface area (Å²) in [5, 5.41) is 2.54. The van der Waals surface area contributed by atoms with E-state index in [9.17, 15) is 9.18 Å². The molecule has 0 aromatic heterocycles. The Balaban J connectivity index is 2.10. The molecule has 19 heavy (non-hydrogen) atoms. The number of benzene rings is 2. The second-order valence-electron chi connectivity index (χ2n) is 3.88. The van der Waals surface area contributed by atoms with Crippen molar-refractivity contribution in [1.82, 2.24) is 5.32 Å². The van der Waals surface area contributed by atoms with E-state index < -0.39 is 11.7 Å². The average molecular weight is 343 g/mol. The van der Waals surface area contributed by atoms with E-state index in [0.29, 0.717) is 6.54 Å². The molecule has 0 aliphatic carbocycles. The van der Waals surface area contributed by atoms with Crippen molar-refractivity contribution in [2.45, 2.75) is 6.54 Å². The van der Waals surface area contributed by atoms with Crippen LogP contribution in [-0.4, -0.2) is 5.91 Å². The van der Waals surface area contributed by atoms with Gasteiger partial charge in [0.2, 0.25) is 0 Å². The highest BCUT2D eigenvalue weighted by Gasteiger charge is 2.13. The zero-order valence-electron chi connectivity index (χ0n) is 9.79. The molecular weight excluding hydrogens is 333 g/mol. The number of hydrogen-bond acceptors (Lipinski definition) is 1. The van der Waals surface area contributed by atoms with Crippen molar-refractivity contribution in [1.29, 1.82) is 0 Å². The van der Waals surface area contributed by atoms with Crippen LogP contribution in [0.1, 0.15) is 15.9 Å². The van der Waals surface area contributed by atoms with Gasteiger partial charge in [-0.25, -0.2) is 4.39 Å². The summed E-state index contributed by atoms with van der Waals surface area (Å²) in [7, 11) is 0. The van der Waals surface area contributed by atoms with Gasteiger partial charge in [0, 0.05) is 11.0 Å². The first-order valence-corrected chi connectivity index (χ1v) is 6.72. The predicted octanol–water partition coefficient (Wildman–Crippen LogP) is 4.17. The van der Waals surface area contributed by atoms with E-state index in [2.05, 4.69) is 21.2 Å². The van der Waals surface area contributed by atoms with Gasteiger partial charge in [0.15, 0.2) is 0 Å². The lowest BCUT2D eigenvalue weighted by atomic mass is 10.2. The van der Waals surface area contributed by atoms with Gasteiger partial charge < -0.3 is 5.32 Å². The Morgan fingerprint density at radius 2 is 1.95 bits per heavy atom. The summed E-state index contributed by atoms with van der Waals surface area (Å²) in [6.45, 7) is 0.340. The second-order valence-corrected chi connectivity index (χ2v) is 5.11. The molecule has 0 saturated carbocycles. The largest absolute Gasteiger partial charge is 0.348 e. The van der Waals surface area contributed by atoms with Gasteiger partial charge in [-0.2, -0.15) is 0 Å². The summed E-state index contributed by atoms with van der Waals surface area (Å²) in [4.78, 5) is 11.9. The molecule has 0 heterocycles. The third kappa shape index (κ3) is 3.33. The molecule has 2 aromatic carbocycles. The summed E-state index contributed by atoms with van der Waals surface area (Å²) in [6, 6.07) is 11.7. The molecule has 1 amide bonds. The van der Waals surface area contributed by atoms with E-state index in [1.807, 2.05) is 24.3 Å².